The summed E-state index contributed by atoms with van der Waals surface area (Å²) in [6.07, 6.45) is 4.16. The Labute approximate surface area is 100 Å². The van der Waals surface area contributed by atoms with Crippen LogP contribution >= 0.6 is 0 Å². The van der Waals surface area contributed by atoms with E-state index in [1.165, 1.54) is 0 Å². The van der Waals surface area contributed by atoms with Gasteiger partial charge in [0.1, 0.15) is 6.04 Å². The van der Waals surface area contributed by atoms with Crippen LogP contribution in [0.4, 0.5) is 5.95 Å². The number of nitrogens with one attached hydrogen (secondary N) is 1. The highest BCUT2D eigenvalue weighted by Crippen LogP contribution is 2.15. The van der Waals surface area contributed by atoms with Gasteiger partial charge in [0.2, 0.25) is 11.9 Å². The summed E-state index contributed by atoms with van der Waals surface area (Å²) in [5, 5.41) is 2.85. The molecule has 1 aromatic rings. The van der Waals surface area contributed by atoms with Crippen LogP contribution in [0, 0.1) is 0 Å². The molecule has 1 aliphatic rings. The van der Waals surface area contributed by atoms with E-state index in [0.29, 0.717) is 19.0 Å². The summed E-state index contributed by atoms with van der Waals surface area (Å²) >= 11 is 0. The molecule has 0 radical (unpaired) electrons. The fraction of sp³-hybridized carbons (Fsp3) is 0.545. The van der Waals surface area contributed by atoms with Crippen molar-refractivity contribution in [3.8, 4) is 0 Å². The molecular formula is C11H17N5O. The molecule has 2 rings (SSSR count). The SMILES string of the molecule is CCC1C(=O)NCCN1c1ncc(CN)cn1. The normalized spacial score (nSPS) is 20.2. The first-order chi connectivity index (χ1) is 8.26. The zero-order valence-electron chi connectivity index (χ0n) is 9.89. The van der Waals surface area contributed by atoms with Crippen molar-refractivity contribution in [2.24, 2.45) is 5.73 Å². The number of aromatic nitrogens is 2. The Morgan fingerprint density at radius 3 is 2.82 bits per heavy atom. The minimum Gasteiger partial charge on any atom is -0.353 e. The summed E-state index contributed by atoms with van der Waals surface area (Å²) in [5.74, 6) is 0.647. The maximum atomic E-state index is 11.7. The van der Waals surface area contributed by atoms with Gasteiger partial charge in [-0.3, -0.25) is 4.79 Å². The van der Waals surface area contributed by atoms with Crippen molar-refractivity contribution >= 4 is 11.9 Å². The first-order valence-corrected chi connectivity index (χ1v) is 5.81. The van der Waals surface area contributed by atoms with Crippen LogP contribution in [0.5, 0.6) is 0 Å². The number of piperazine rings is 1. The summed E-state index contributed by atoms with van der Waals surface area (Å²) in [5.41, 5.74) is 6.39. The first-order valence-electron chi connectivity index (χ1n) is 5.81. The number of amides is 1. The third-order valence-electron chi connectivity index (χ3n) is 2.90. The maximum Gasteiger partial charge on any atom is 0.242 e. The molecule has 1 fully saturated rings. The van der Waals surface area contributed by atoms with E-state index in [4.69, 9.17) is 5.73 Å². The lowest BCUT2D eigenvalue weighted by molar-refractivity contribution is -0.123. The number of hydrogen-bond donors (Lipinski definition) is 2. The van der Waals surface area contributed by atoms with Crippen LogP contribution in [-0.4, -0.2) is 35.0 Å². The van der Waals surface area contributed by atoms with Crippen LogP contribution in [0.2, 0.25) is 0 Å². The predicted molar refractivity (Wildman–Crippen MR) is 64.4 cm³/mol. The van der Waals surface area contributed by atoms with Gasteiger partial charge in [0, 0.05) is 37.6 Å². The number of nitrogens with two attached hydrogens (primary N) is 1. The molecule has 1 atom stereocenters. The average Bonchev–Trinajstić information content (AvgIpc) is 2.38. The quantitative estimate of drug-likeness (QED) is 0.748. The fourth-order valence-corrected chi connectivity index (χ4v) is 1.96. The van der Waals surface area contributed by atoms with Crippen molar-refractivity contribution in [3.05, 3.63) is 18.0 Å². The number of nitrogens with zero attached hydrogens (tertiary/aromatic N) is 3. The maximum absolute atomic E-state index is 11.7. The Morgan fingerprint density at radius 1 is 1.53 bits per heavy atom. The van der Waals surface area contributed by atoms with Gasteiger partial charge in [-0.2, -0.15) is 0 Å². The van der Waals surface area contributed by atoms with Crippen LogP contribution in [0.15, 0.2) is 12.4 Å². The molecule has 3 N–H and O–H groups in total. The number of rotatable bonds is 3. The van der Waals surface area contributed by atoms with E-state index in [1.54, 1.807) is 12.4 Å². The molecule has 0 saturated carbocycles. The standard InChI is InChI=1S/C11H17N5O/c1-2-9-10(17)13-3-4-16(9)11-14-6-8(5-12)7-15-11/h6-7,9H,2-5,12H2,1H3,(H,13,17). The van der Waals surface area contributed by atoms with Crippen LogP contribution in [-0.2, 0) is 11.3 Å². The summed E-state index contributed by atoms with van der Waals surface area (Å²) in [6.45, 7) is 3.79. The lowest BCUT2D eigenvalue weighted by Gasteiger charge is -2.34. The minimum absolute atomic E-state index is 0.0465. The van der Waals surface area contributed by atoms with Crippen molar-refractivity contribution in [1.29, 1.82) is 0 Å². The van der Waals surface area contributed by atoms with Crippen LogP contribution < -0.4 is 16.0 Å². The molecule has 1 aromatic heterocycles. The highest BCUT2D eigenvalue weighted by Gasteiger charge is 2.29. The Morgan fingerprint density at radius 2 is 2.24 bits per heavy atom. The number of hydrogen-bond acceptors (Lipinski definition) is 5. The van der Waals surface area contributed by atoms with Gasteiger partial charge in [-0.15, -0.1) is 0 Å². The Balaban J connectivity index is 2.21. The van der Waals surface area contributed by atoms with Gasteiger partial charge in [-0.25, -0.2) is 9.97 Å². The van der Waals surface area contributed by atoms with E-state index in [-0.39, 0.29) is 11.9 Å². The minimum atomic E-state index is -0.174. The lowest BCUT2D eigenvalue weighted by Crippen LogP contribution is -2.55. The van der Waals surface area contributed by atoms with Crippen molar-refractivity contribution in [1.82, 2.24) is 15.3 Å². The van der Waals surface area contributed by atoms with E-state index in [9.17, 15) is 4.79 Å². The topological polar surface area (TPSA) is 84.1 Å². The molecule has 6 heteroatoms. The summed E-state index contributed by atoms with van der Waals surface area (Å²) in [6, 6.07) is -0.174. The lowest BCUT2D eigenvalue weighted by atomic mass is 10.1. The zero-order valence-corrected chi connectivity index (χ0v) is 9.89. The smallest absolute Gasteiger partial charge is 0.242 e. The molecule has 0 bridgehead atoms. The Hall–Kier alpha value is -1.69. The molecule has 0 aliphatic carbocycles. The highest BCUT2D eigenvalue weighted by molar-refractivity contribution is 5.85. The zero-order chi connectivity index (χ0) is 12.3. The molecular weight excluding hydrogens is 218 g/mol. The van der Waals surface area contributed by atoms with E-state index in [0.717, 1.165) is 18.5 Å². The molecule has 1 amide bonds. The largest absolute Gasteiger partial charge is 0.353 e. The van der Waals surface area contributed by atoms with Gasteiger partial charge in [0.05, 0.1) is 0 Å². The number of anilines is 1. The second kappa shape index (κ2) is 5.09. The first kappa shape index (κ1) is 11.8. The van der Waals surface area contributed by atoms with Gasteiger partial charge in [-0.05, 0) is 6.42 Å². The molecule has 0 spiro atoms. The molecule has 17 heavy (non-hydrogen) atoms. The molecule has 6 nitrogen and oxygen atoms in total. The molecule has 92 valence electrons. The summed E-state index contributed by atoms with van der Waals surface area (Å²) in [7, 11) is 0. The van der Waals surface area contributed by atoms with Crippen molar-refractivity contribution in [3.63, 3.8) is 0 Å². The van der Waals surface area contributed by atoms with Crippen molar-refractivity contribution < 1.29 is 4.79 Å². The number of carbonyl (C=O) groups is 1. The monoisotopic (exact) mass is 235 g/mol. The van der Waals surface area contributed by atoms with Crippen LogP contribution in [0.3, 0.4) is 0 Å². The Bertz CT molecular complexity index is 391. The van der Waals surface area contributed by atoms with Gasteiger partial charge >= 0.3 is 0 Å². The second-order valence-electron chi connectivity index (χ2n) is 4.00. The molecule has 1 saturated heterocycles. The van der Waals surface area contributed by atoms with Gasteiger partial charge in [-0.1, -0.05) is 6.92 Å². The van der Waals surface area contributed by atoms with E-state index in [1.807, 2.05) is 11.8 Å². The van der Waals surface area contributed by atoms with E-state index in [2.05, 4.69) is 15.3 Å². The van der Waals surface area contributed by atoms with E-state index < -0.39 is 0 Å². The van der Waals surface area contributed by atoms with Crippen LogP contribution in [0.25, 0.3) is 0 Å². The van der Waals surface area contributed by atoms with Crippen molar-refractivity contribution in [2.45, 2.75) is 25.9 Å². The Kier molecular flexibility index (Phi) is 3.53. The third-order valence-corrected chi connectivity index (χ3v) is 2.90. The molecule has 1 unspecified atom stereocenters. The number of carbonyl (C=O) groups excluding carboxylic acids is 1. The molecule has 2 heterocycles. The van der Waals surface area contributed by atoms with Gasteiger partial charge in [0.15, 0.2) is 0 Å². The third kappa shape index (κ3) is 2.36. The molecule has 1 aliphatic heterocycles. The van der Waals surface area contributed by atoms with E-state index >= 15 is 0 Å². The highest BCUT2D eigenvalue weighted by atomic mass is 16.2. The van der Waals surface area contributed by atoms with Crippen LogP contribution in [0.1, 0.15) is 18.9 Å². The summed E-state index contributed by atoms with van der Waals surface area (Å²) in [4.78, 5) is 22.2. The average molecular weight is 235 g/mol. The molecule has 0 aromatic carbocycles. The van der Waals surface area contributed by atoms with Gasteiger partial charge in [0.25, 0.3) is 0 Å². The second-order valence-corrected chi connectivity index (χ2v) is 4.00. The predicted octanol–water partition coefficient (Wildman–Crippen LogP) is -0.350. The van der Waals surface area contributed by atoms with Crippen molar-refractivity contribution in [2.75, 3.05) is 18.0 Å². The summed E-state index contributed by atoms with van der Waals surface area (Å²) < 4.78 is 0. The van der Waals surface area contributed by atoms with Gasteiger partial charge < -0.3 is 16.0 Å². The fourth-order valence-electron chi connectivity index (χ4n) is 1.96.